The van der Waals surface area contributed by atoms with E-state index in [0.717, 1.165) is 24.8 Å². The van der Waals surface area contributed by atoms with E-state index in [-0.39, 0.29) is 17.7 Å². The maximum absolute atomic E-state index is 12.1. The van der Waals surface area contributed by atoms with Crippen molar-refractivity contribution in [1.82, 2.24) is 5.32 Å². The van der Waals surface area contributed by atoms with E-state index in [2.05, 4.69) is 19.2 Å². The number of amides is 1. The molecule has 0 bridgehead atoms. The van der Waals surface area contributed by atoms with Crippen molar-refractivity contribution in [2.45, 2.75) is 51.6 Å². The predicted molar refractivity (Wildman–Crippen MR) is 79.3 cm³/mol. The lowest BCUT2D eigenvalue weighted by atomic mass is 9.92. The second-order valence-corrected chi connectivity index (χ2v) is 6.59. The van der Waals surface area contributed by atoms with Crippen LogP contribution in [0.1, 0.15) is 38.7 Å². The van der Waals surface area contributed by atoms with Gasteiger partial charge in [0.25, 0.3) is 0 Å². The number of nitrogens with one attached hydrogen (secondary N) is 1. The normalized spacial score (nSPS) is 22.4. The van der Waals surface area contributed by atoms with Gasteiger partial charge in [0.2, 0.25) is 5.91 Å². The summed E-state index contributed by atoms with van der Waals surface area (Å²) in [5, 5.41) is 12.3. The minimum atomic E-state index is -0.539. The number of phenolic OH excluding ortho intramolecular Hbond substituents is 1. The van der Waals surface area contributed by atoms with Gasteiger partial charge in [-0.1, -0.05) is 26.0 Å². The Balaban J connectivity index is 1.85. The molecule has 0 aromatic heterocycles. The number of benzene rings is 1. The molecule has 0 spiro atoms. The summed E-state index contributed by atoms with van der Waals surface area (Å²) in [5.41, 5.74) is 7.23. The largest absolute Gasteiger partial charge is 0.508 e. The van der Waals surface area contributed by atoms with Crippen LogP contribution >= 0.6 is 0 Å². The van der Waals surface area contributed by atoms with Crippen molar-refractivity contribution < 1.29 is 9.90 Å². The zero-order valence-electron chi connectivity index (χ0n) is 12.2. The van der Waals surface area contributed by atoms with Gasteiger partial charge >= 0.3 is 0 Å². The van der Waals surface area contributed by atoms with E-state index in [4.69, 9.17) is 5.73 Å². The van der Waals surface area contributed by atoms with E-state index in [0.29, 0.717) is 11.8 Å². The number of carbonyl (C=O) groups is 1. The smallest absolute Gasteiger partial charge is 0.237 e. The van der Waals surface area contributed by atoms with Crippen LogP contribution < -0.4 is 11.1 Å². The van der Waals surface area contributed by atoms with Crippen LogP contribution in [0, 0.1) is 5.41 Å². The first-order chi connectivity index (χ1) is 9.35. The van der Waals surface area contributed by atoms with Gasteiger partial charge in [-0.2, -0.15) is 0 Å². The molecule has 110 valence electrons. The number of rotatable bonds is 4. The lowest BCUT2D eigenvalue weighted by molar-refractivity contribution is -0.123. The third kappa shape index (κ3) is 3.97. The topological polar surface area (TPSA) is 75.4 Å². The van der Waals surface area contributed by atoms with Crippen LogP contribution in [0.4, 0.5) is 0 Å². The van der Waals surface area contributed by atoms with Gasteiger partial charge in [-0.25, -0.2) is 0 Å². The van der Waals surface area contributed by atoms with Gasteiger partial charge in [-0.05, 0) is 48.8 Å². The molecule has 2 rings (SSSR count). The second kappa shape index (κ2) is 5.83. The summed E-state index contributed by atoms with van der Waals surface area (Å²) < 4.78 is 0. The van der Waals surface area contributed by atoms with Crippen molar-refractivity contribution in [3.05, 3.63) is 29.8 Å². The molecule has 1 amide bonds. The first-order valence-electron chi connectivity index (χ1n) is 7.20. The molecule has 0 aliphatic heterocycles. The predicted octanol–water partition coefficient (Wildman–Crippen LogP) is 1.96. The van der Waals surface area contributed by atoms with E-state index in [1.165, 1.54) is 0 Å². The fraction of sp³-hybridized carbons (Fsp3) is 0.562. The van der Waals surface area contributed by atoms with Crippen molar-refractivity contribution in [3.63, 3.8) is 0 Å². The van der Waals surface area contributed by atoms with Crippen LogP contribution in [0.5, 0.6) is 5.75 Å². The Morgan fingerprint density at radius 3 is 2.65 bits per heavy atom. The molecule has 1 unspecified atom stereocenters. The molecule has 1 aromatic carbocycles. The zero-order valence-corrected chi connectivity index (χ0v) is 12.2. The van der Waals surface area contributed by atoms with Gasteiger partial charge in [0.05, 0.1) is 6.04 Å². The van der Waals surface area contributed by atoms with Crippen molar-refractivity contribution in [2.24, 2.45) is 11.1 Å². The van der Waals surface area contributed by atoms with Gasteiger partial charge in [0.15, 0.2) is 0 Å². The SMILES string of the molecule is CC1(C)CCC(NC(=O)[C@@H](N)Cc2ccc(O)cc2)C1. The van der Waals surface area contributed by atoms with E-state index in [1.807, 2.05) is 0 Å². The third-order valence-electron chi connectivity index (χ3n) is 4.04. The summed E-state index contributed by atoms with van der Waals surface area (Å²) in [4.78, 5) is 12.1. The summed E-state index contributed by atoms with van der Waals surface area (Å²) in [5.74, 6) is 0.140. The van der Waals surface area contributed by atoms with Crippen LogP contribution in [-0.4, -0.2) is 23.1 Å². The third-order valence-corrected chi connectivity index (χ3v) is 4.04. The molecule has 20 heavy (non-hydrogen) atoms. The molecular weight excluding hydrogens is 252 g/mol. The Hall–Kier alpha value is -1.55. The van der Waals surface area contributed by atoms with Gasteiger partial charge in [0, 0.05) is 6.04 Å². The molecule has 0 heterocycles. The van der Waals surface area contributed by atoms with Crippen molar-refractivity contribution in [1.29, 1.82) is 0 Å². The van der Waals surface area contributed by atoms with E-state index in [1.54, 1.807) is 24.3 Å². The highest BCUT2D eigenvalue weighted by Gasteiger charge is 2.32. The van der Waals surface area contributed by atoms with Crippen molar-refractivity contribution >= 4 is 5.91 Å². The molecule has 4 nitrogen and oxygen atoms in total. The Morgan fingerprint density at radius 1 is 1.45 bits per heavy atom. The Bertz CT molecular complexity index is 468. The number of hydrogen-bond acceptors (Lipinski definition) is 3. The van der Waals surface area contributed by atoms with Crippen LogP contribution in [-0.2, 0) is 11.2 Å². The van der Waals surface area contributed by atoms with Crippen LogP contribution in [0.3, 0.4) is 0 Å². The lowest BCUT2D eigenvalue weighted by Gasteiger charge is -2.19. The molecule has 1 saturated carbocycles. The first-order valence-corrected chi connectivity index (χ1v) is 7.20. The number of hydrogen-bond donors (Lipinski definition) is 3. The maximum Gasteiger partial charge on any atom is 0.237 e. The quantitative estimate of drug-likeness (QED) is 0.787. The number of carbonyl (C=O) groups excluding carboxylic acids is 1. The summed E-state index contributed by atoms with van der Waals surface area (Å²) >= 11 is 0. The first kappa shape index (κ1) is 14.9. The highest BCUT2D eigenvalue weighted by atomic mass is 16.3. The van der Waals surface area contributed by atoms with E-state index >= 15 is 0 Å². The van der Waals surface area contributed by atoms with Crippen LogP contribution in [0.2, 0.25) is 0 Å². The van der Waals surface area contributed by atoms with Gasteiger partial charge in [-0.3, -0.25) is 4.79 Å². The monoisotopic (exact) mass is 276 g/mol. The minimum absolute atomic E-state index is 0.0826. The zero-order chi connectivity index (χ0) is 14.8. The summed E-state index contributed by atoms with van der Waals surface area (Å²) in [6.07, 6.45) is 3.68. The number of nitrogens with two attached hydrogens (primary N) is 1. The summed E-state index contributed by atoms with van der Waals surface area (Å²) in [6, 6.07) is 6.52. The molecule has 2 atom stereocenters. The highest BCUT2D eigenvalue weighted by Crippen LogP contribution is 2.36. The minimum Gasteiger partial charge on any atom is -0.508 e. The van der Waals surface area contributed by atoms with Gasteiger partial charge in [-0.15, -0.1) is 0 Å². The average molecular weight is 276 g/mol. The van der Waals surface area contributed by atoms with E-state index < -0.39 is 6.04 Å². The van der Waals surface area contributed by atoms with Crippen LogP contribution in [0.25, 0.3) is 0 Å². The average Bonchev–Trinajstić information content (AvgIpc) is 2.71. The van der Waals surface area contributed by atoms with E-state index in [9.17, 15) is 9.90 Å². The Labute approximate surface area is 120 Å². The molecule has 1 aliphatic carbocycles. The summed E-state index contributed by atoms with van der Waals surface area (Å²) in [7, 11) is 0. The van der Waals surface area contributed by atoms with Gasteiger partial charge < -0.3 is 16.2 Å². The molecule has 1 aliphatic rings. The highest BCUT2D eigenvalue weighted by molar-refractivity contribution is 5.82. The second-order valence-electron chi connectivity index (χ2n) is 6.59. The maximum atomic E-state index is 12.1. The van der Waals surface area contributed by atoms with Crippen molar-refractivity contribution in [3.8, 4) is 5.75 Å². The molecule has 1 fully saturated rings. The molecule has 0 saturated heterocycles. The van der Waals surface area contributed by atoms with Gasteiger partial charge in [0.1, 0.15) is 5.75 Å². The standard InChI is InChI=1S/C16H24N2O2/c1-16(2)8-7-12(10-16)18-15(20)14(17)9-11-3-5-13(19)6-4-11/h3-6,12,14,19H,7-10,17H2,1-2H3,(H,18,20)/t12?,14-/m0/s1. The van der Waals surface area contributed by atoms with Crippen molar-refractivity contribution in [2.75, 3.05) is 0 Å². The fourth-order valence-corrected chi connectivity index (χ4v) is 2.85. The molecule has 1 aromatic rings. The molecule has 0 radical (unpaired) electrons. The fourth-order valence-electron chi connectivity index (χ4n) is 2.85. The molecular formula is C16H24N2O2. The Morgan fingerprint density at radius 2 is 2.10 bits per heavy atom. The Kier molecular flexibility index (Phi) is 4.33. The molecule has 4 N–H and O–H groups in total. The lowest BCUT2D eigenvalue weighted by Crippen LogP contribution is -2.45. The molecule has 4 heteroatoms. The number of aromatic hydroxyl groups is 1. The number of phenols is 1. The van der Waals surface area contributed by atoms with Crippen LogP contribution in [0.15, 0.2) is 24.3 Å². The summed E-state index contributed by atoms with van der Waals surface area (Å²) in [6.45, 7) is 4.46.